The van der Waals surface area contributed by atoms with Gasteiger partial charge in [0.1, 0.15) is 6.61 Å². The van der Waals surface area contributed by atoms with Gasteiger partial charge in [-0.3, -0.25) is 10.1 Å². The zero-order chi connectivity index (χ0) is 12.3. The van der Waals surface area contributed by atoms with E-state index in [4.69, 9.17) is 10.8 Å². The Bertz CT molecular complexity index is 386. The molecular weight excluding hydrogens is 258 g/mol. The highest BCUT2D eigenvalue weighted by Crippen LogP contribution is 2.29. The molecule has 8 heteroatoms. The molecule has 1 rings (SSSR count). The van der Waals surface area contributed by atoms with E-state index >= 15 is 0 Å². The van der Waals surface area contributed by atoms with E-state index in [2.05, 4.69) is 0 Å². The fourth-order valence-corrected chi connectivity index (χ4v) is 1.15. The number of non-ortho nitro benzene ring substituents is 1. The molecule has 1 atom stereocenters. The predicted octanol–water partition coefficient (Wildman–Crippen LogP) is 1.64. The first-order valence-corrected chi connectivity index (χ1v) is 4.37. The average Bonchev–Trinajstić information content (AvgIpc) is 2.28. The highest BCUT2D eigenvalue weighted by Gasteiger charge is 2.37. The SMILES string of the molecule is Cl.N[C@H](c1ccc([N+](=O)[O-])cc1)C(F)(F)CO. The number of nitrogens with two attached hydrogens (primary N) is 1. The van der Waals surface area contributed by atoms with E-state index in [0.717, 1.165) is 24.3 Å². The number of aliphatic hydroxyl groups is 1. The maximum Gasteiger partial charge on any atom is 0.289 e. The summed E-state index contributed by atoms with van der Waals surface area (Å²) in [6.45, 7) is -1.37. The molecule has 0 aliphatic rings. The quantitative estimate of drug-likeness (QED) is 0.642. The summed E-state index contributed by atoms with van der Waals surface area (Å²) in [7, 11) is 0. The Morgan fingerprint density at radius 1 is 1.41 bits per heavy atom. The lowest BCUT2D eigenvalue weighted by atomic mass is 10.0. The maximum atomic E-state index is 13.0. The van der Waals surface area contributed by atoms with Crippen molar-refractivity contribution in [1.29, 1.82) is 0 Å². The van der Waals surface area contributed by atoms with Gasteiger partial charge in [0.25, 0.3) is 11.6 Å². The van der Waals surface area contributed by atoms with Crippen molar-refractivity contribution in [3.05, 3.63) is 39.9 Å². The minimum absolute atomic E-state index is 0. The van der Waals surface area contributed by atoms with Gasteiger partial charge in [-0.25, -0.2) is 8.78 Å². The minimum Gasteiger partial charge on any atom is -0.390 e. The van der Waals surface area contributed by atoms with E-state index in [0.29, 0.717) is 0 Å². The predicted molar refractivity (Wildman–Crippen MR) is 59.3 cm³/mol. The van der Waals surface area contributed by atoms with Gasteiger partial charge in [0.15, 0.2) is 0 Å². The van der Waals surface area contributed by atoms with Gasteiger partial charge < -0.3 is 10.8 Å². The topological polar surface area (TPSA) is 89.4 Å². The molecule has 96 valence electrons. The number of benzene rings is 1. The monoisotopic (exact) mass is 268 g/mol. The van der Waals surface area contributed by atoms with Crippen molar-refractivity contribution >= 4 is 18.1 Å². The van der Waals surface area contributed by atoms with Gasteiger partial charge in [0, 0.05) is 12.1 Å². The first kappa shape index (κ1) is 15.7. The lowest BCUT2D eigenvalue weighted by Crippen LogP contribution is -2.36. The molecule has 0 spiro atoms. The number of halogens is 3. The van der Waals surface area contributed by atoms with E-state index < -0.39 is 23.5 Å². The second-order valence-corrected chi connectivity index (χ2v) is 3.25. The molecule has 5 nitrogen and oxygen atoms in total. The van der Waals surface area contributed by atoms with Crippen molar-refractivity contribution in [2.75, 3.05) is 6.61 Å². The summed E-state index contributed by atoms with van der Waals surface area (Å²) in [5, 5.41) is 18.8. The van der Waals surface area contributed by atoms with E-state index in [-0.39, 0.29) is 23.7 Å². The van der Waals surface area contributed by atoms with Crippen molar-refractivity contribution in [3.63, 3.8) is 0 Å². The third-order valence-electron chi connectivity index (χ3n) is 2.13. The van der Waals surface area contributed by atoms with E-state index in [1.807, 2.05) is 0 Å². The molecular formula is C9H11ClF2N2O3. The first-order valence-electron chi connectivity index (χ1n) is 4.37. The summed E-state index contributed by atoms with van der Waals surface area (Å²) in [6, 6.07) is 2.78. The second-order valence-electron chi connectivity index (χ2n) is 3.25. The number of nitro groups is 1. The molecule has 3 N–H and O–H groups in total. The number of nitro benzene ring substituents is 1. The number of aliphatic hydroxyl groups excluding tert-OH is 1. The molecule has 1 aromatic rings. The standard InChI is InChI=1S/C9H10F2N2O3.ClH/c10-9(11,5-14)8(12)6-1-3-7(4-2-6)13(15)16;/h1-4,8,14H,5,12H2;1H/t8-;/m1./s1. The van der Waals surface area contributed by atoms with Crippen LogP contribution in [0.5, 0.6) is 0 Å². The third-order valence-corrected chi connectivity index (χ3v) is 2.13. The van der Waals surface area contributed by atoms with E-state index in [1.165, 1.54) is 0 Å². The molecule has 0 heterocycles. The lowest BCUT2D eigenvalue weighted by molar-refractivity contribution is -0.384. The summed E-state index contributed by atoms with van der Waals surface area (Å²) in [5.41, 5.74) is 5.06. The van der Waals surface area contributed by atoms with Crippen LogP contribution in [0.4, 0.5) is 14.5 Å². The van der Waals surface area contributed by atoms with Gasteiger partial charge >= 0.3 is 0 Å². The van der Waals surface area contributed by atoms with Gasteiger partial charge in [-0.05, 0) is 5.56 Å². The highest BCUT2D eigenvalue weighted by atomic mass is 35.5. The highest BCUT2D eigenvalue weighted by molar-refractivity contribution is 5.85. The zero-order valence-corrected chi connectivity index (χ0v) is 9.36. The fraction of sp³-hybridized carbons (Fsp3) is 0.333. The molecule has 0 bridgehead atoms. The molecule has 0 amide bonds. The Labute approximate surface area is 102 Å². The summed E-state index contributed by atoms with van der Waals surface area (Å²) in [6.07, 6.45) is 0. The van der Waals surface area contributed by atoms with Crippen LogP contribution in [0.15, 0.2) is 24.3 Å². The van der Waals surface area contributed by atoms with Gasteiger partial charge in [-0.1, -0.05) is 12.1 Å². The zero-order valence-electron chi connectivity index (χ0n) is 8.55. The fourth-order valence-electron chi connectivity index (χ4n) is 1.15. The van der Waals surface area contributed by atoms with Crippen LogP contribution in [0, 0.1) is 10.1 Å². The van der Waals surface area contributed by atoms with Gasteiger partial charge in [-0.15, -0.1) is 12.4 Å². The maximum absolute atomic E-state index is 13.0. The first-order chi connectivity index (χ1) is 7.38. The molecule has 0 aliphatic heterocycles. The summed E-state index contributed by atoms with van der Waals surface area (Å²) in [5.74, 6) is -3.45. The van der Waals surface area contributed by atoms with Crippen molar-refractivity contribution < 1.29 is 18.8 Å². The van der Waals surface area contributed by atoms with Crippen LogP contribution in [0.25, 0.3) is 0 Å². The third kappa shape index (κ3) is 3.58. The van der Waals surface area contributed by atoms with E-state index in [1.54, 1.807) is 0 Å². The Morgan fingerprint density at radius 2 is 1.88 bits per heavy atom. The second kappa shape index (κ2) is 5.85. The molecule has 0 radical (unpaired) electrons. The van der Waals surface area contributed by atoms with Crippen LogP contribution < -0.4 is 5.73 Å². The van der Waals surface area contributed by atoms with Crippen LogP contribution in [0.3, 0.4) is 0 Å². The van der Waals surface area contributed by atoms with Crippen LogP contribution in [-0.2, 0) is 0 Å². The number of alkyl halides is 2. The molecule has 0 unspecified atom stereocenters. The lowest BCUT2D eigenvalue weighted by Gasteiger charge is -2.21. The smallest absolute Gasteiger partial charge is 0.289 e. The van der Waals surface area contributed by atoms with Crippen LogP contribution in [0.1, 0.15) is 11.6 Å². The Morgan fingerprint density at radius 3 is 2.24 bits per heavy atom. The summed E-state index contributed by atoms with van der Waals surface area (Å²) in [4.78, 5) is 9.68. The minimum atomic E-state index is -3.45. The Balaban J connectivity index is 0.00000256. The van der Waals surface area contributed by atoms with Gasteiger partial charge in [-0.2, -0.15) is 0 Å². The molecule has 17 heavy (non-hydrogen) atoms. The van der Waals surface area contributed by atoms with Crippen molar-refractivity contribution in [3.8, 4) is 0 Å². The summed E-state index contributed by atoms with van der Waals surface area (Å²) >= 11 is 0. The van der Waals surface area contributed by atoms with Crippen molar-refractivity contribution in [2.45, 2.75) is 12.0 Å². The number of nitrogens with zero attached hydrogens (tertiary/aromatic N) is 1. The number of hydrogen-bond acceptors (Lipinski definition) is 4. The molecule has 1 aromatic carbocycles. The molecule has 0 aromatic heterocycles. The Kier molecular flexibility index (Phi) is 5.40. The number of hydrogen-bond donors (Lipinski definition) is 2. The average molecular weight is 269 g/mol. The number of rotatable bonds is 4. The van der Waals surface area contributed by atoms with Crippen molar-refractivity contribution in [2.24, 2.45) is 5.73 Å². The molecule has 0 aliphatic carbocycles. The van der Waals surface area contributed by atoms with Crippen LogP contribution in [-0.4, -0.2) is 22.6 Å². The normalized spacial score (nSPS) is 12.7. The largest absolute Gasteiger partial charge is 0.390 e. The van der Waals surface area contributed by atoms with E-state index in [9.17, 15) is 18.9 Å². The molecule has 0 fully saturated rings. The molecule has 0 saturated heterocycles. The Hall–Kier alpha value is -1.31. The van der Waals surface area contributed by atoms with Gasteiger partial charge in [0.05, 0.1) is 11.0 Å². The van der Waals surface area contributed by atoms with Gasteiger partial charge in [0.2, 0.25) is 0 Å². The summed E-state index contributed by atoms with van der Waals surface area (Å²) < 4.78 is 26.0. The van der Waals surface area contributed by atoms with Crippen LogP contribution in [0.2, 0.25) is 0 Å². The van der Waals surface area contributed by atoms with Crippen molar-refractivity contribution in [1.82, 2.24) is 0 Å². The molecule has 0 saturated carbocycles. The van der Waals surface area contributed by atoms with Crippen LogP contribution >= 0.6 is 12.4 Å².